The fraction of sp³-hybridized carbons (Fsp3) is 0.312. The van der Waals surface area contributed by atoms with Gasteiger partial charge in [-0.2, -0.15) is 0 Å². The summed E-state index contributed by atoms with van der Waals surface area (Å²) in [6.07, 6.45) is 0. The number of aromatic nitrogens is 2. The monoisotopic (exact) mass is 335 g/mol. The largest absolute Gasteiger partial charge is 0.501 e. The SMILES string of the molecule is Cn1c(C(C)(C)[NH3+])nc(C(=O)NCc2ccc(F)cc2)c(O)c1=O. The predicted molar refractivity (Wildman–Crippen MR) is 84.6 cm³/mol. The first-order valence-electron chi connectivity index (χ1n) is 7.29. The third-order valence-electron chi connectivity index (χ3n) is 3.45. The molecule has 0 aliphatic rings. The van der Waals surface area contributed by atoms with Crippen molar-refractivity contribution in [1.82, 2.24) is 14.9 Å². The number of amides is 1. The van der Waals surface area contributed by atoms with Crippen molar-refractivity contribution in [1.29, 1.82) is 0 Å². The average Bonchev–Trinajstić information content (AvgIpc) is 2.51. The first-order chi connectivity index (χ1) is 11.1. The first kappa shape index (κ1) is 17.6. The van der Waals surface area contributed by atoms with Gasteiger partial charge >= 0.3 is 0 Å². The lowest BCUT2D eigenvalue weighted by atomic mass is 10.1. The molecule has 128 valence electrons. The van der Waals surface area contributed by atoms with Gasteiger partial charge in [-0.25, -0.2) is 9.37 Å². The number of carbonyl (C=O) groups is 1. The zero-order valence-electron chi connectivity index (χ0n) is 13.8. The van der Waals surface area contributed by atoms with E-state index in [-0.39, 0.29) is 23.9 Å². The molecule has 0 saturated heterocycles. The number of quaternary nitrogens is 1. The summed E-state index contributed by atoms with van der Waals surface area (Å²) in [7, 11) is 1.46. The summed E-state index contributed by atoms with van der Waals surface area (Å²) in [6.45, 7) is 3.59. The molecule has 0 radical (unpaired) electrons. The summed E-state index contributed by atoms with van der Waals surface area (Å²) in [5, 5.41) is 12.5. The highest BCUT2D eigenvalue weighted by Crippen LogP contribution is 2.15. The number of carbonyl (C=O) groups excluding carboxylic acids is 1. The summed E-state index contributed by atoms with van der Waals surface area (Å²) in [6, 6.07) is 5.60. The Balaban J connectivity index is 2.30. The van der Waals surface area contributed by atoms with Gasteiger partial charge in [-0.3, -0.25) is 14.2 Å². The van der Waals surface area contributed by atoms with E-state index in [0.29, 0.717) is 5.56 Å². The van der Waals surface area contributed by atoms with Gasteiger partial charge in [0.05, 0.1) is 0 Å². The van der Waals surface area contributed by atoms with Crippen LogP contribution in [0.5, 0.6) is 5.75 Å². The van der Waals surface area contributed by atoms with Gasteiger partial charge in [-0.05, 0) is 31.5 Å². The molecule has 0 unspecified atom stereocenters. The lowest BCUT2D eigenvalue weighted by Crippen LogP contribution is -2.68. The number of nitrogens with one attached hydrogen (secondary N) is 1. The van der Waals surface area contributed by atoms with Crippen LogP contribution in [0, 0.1) is 5.82 Å². The minimum absolute atomic E-state index is 0.110. The number of hydrogen-bond acceptors (Lipinski definition) is 4. The zero-order valence-corrected chi connectivity index (χ0v) is 13.8. The van der Waals surface area contributed by atoms with Crippen molar-refractivity contribution in [2.75, 3.05) is 0 Å². The molecule has 5 N–H and O–H groups in total. The Hall–Kier alpha value is -2.74. The molecule has 0 fully saturated rings. The van der Waals surface area contributed by atoms with Crippen LogP contribution < -0.4 is 16.6 Å². The predicted octanol–water partition coefficient (Wildman–Crippen LogP) is 0.0320. The van der Waals surface area contributed by atoms with Gasteiger partial charge in [0, 0.05) is 13.6 Å². The van der Waals surface area contributed by atoms with Gasteiger partial charge in [0.1, 0.15) is 11.4 Å². The van der Waals surface area contributed by atoms with E-state index in [4.69, 9.17) is 0 Å². The van der Waals surface area contributed by atoms with Crippen LogP contribution >= 0.6 is 0 Å². The Bertz CT molecular complexity index is 823. The van der Waals surface area contributed by atoms with Gasteiger partial charge in [-0.15, -0.1) is 0 Å². The molecule has 1 heterocycles. The summed E-state index contributed by atoms with van der Waals surface area (Å²) >= 11 is 0. The summed E-state index contributed by atoms with van der Waals surface area (Å²) in [5.41, 5.74) is 2.77. The Kier molecular flexibility index (Phi) is 4.70. The minimum atomic E-state index is -0.729. The van der Waals surface area contributed by atoms with Crippen LogP contribution in [0.1, 0.15) is 35.7 Å². The van der Waals surface area contributed by atoms with E-state index in [9.17, 15) is 19.1 Å². The fourth-order valence-electron chi connectivity index (χ4n) is 2.22. The van der Waals surface area contributed by atoms with Crippen molar-refractivity contribution in [3.05, 3.63) is 57.5 Å². The fourth-order valence-corrected chi connectivity index (χ4v) is 2.22. The molecule has 1 aromatic carbocycles. The van der Waals surface area contributed by atoms with Crippen LogP contribution in [0.15, 0.2) is 29.1 Å². The van der Waals surface area contributed by atoms with E-state index < -0.39 is 22.8 Å². The van der Waals surface area contributed by atoms with Crippen LogP contribution in [0.2, 0.25) is 0 Å². The van der Waals surface area contributed by atoms with Gasteiger partial charge in [0.15, 0.2) is 11.5 Å². The molecule has 0 aliphatic carbocycles. The summed E-state index contributed by atoms with van der Waals surface area (Å²) in [5.74, 6) is -1.52. The molecule has 0 bridgehead atoms. The minimum Gasteiger partial charge on any atom is -0.501 e. The molecule has 2 rings (SSSR count). The van der Waals surface area contributed by atoms with E-state index in [1.807, 2.05) is 0 Å². The van der Waals surface area contributed by atoms with Crippen LogP contribution in [0.3, 0.4) is 0 Å². The van der Waals surface area contributed by atoms with Crippen LogP contribution in [-0.2, 0) is 19.1 Å². The molecule has 2 aromatic rings. The molecular weight excluding hydrogens is 315 g/mol. The maximum Gasteiger partial charge on any atom is 0.296 e. The van der Waals surface area contributed by atoms with Crippen molar-refractivity contribution >= 4 is 5.91 Å². The first-order valence-corrected chi connectivity index (χ1v) is 7.29. The number of halogens is 1. The van der Waals surface area contributed by atoms with Crippen LogP contribution in [-0.4, -0.2) is 20.6 Å². The molecule has 0 aliphatic heterocycles. The van der Waals surface area contributed by atoms with E-state index >= 15 is 0 Å². The van der Waals surface area contributed by atoms with Crippen LogP contribution in [0.4, 0.5) is 4.39 Å². The maximum absolute atomic E-state index is 12.9. The van der Waals surface area contributed by atoms with E-state index in [0.717, 1.165) is 0 Å². The number of aromatic hydroxyl groups is 1. The molecule has 0 spiro atoms. The topological polar surface area (TPSA) is 112 Å². The van der Waals surface area contributed by atoms with Gasteiger partial charge in [0.2, 0.25) is 5.75 Å². The second-order valence-corrected chi connectivity index (χ2v) is 6.19. The highest BCUT2D eigenvalue weighted by atomic mass is 19.1. The number of benzene rings is 1. The normalized spacial score (nSPS) is 11.4. The Morgan fingerprint density at radius 3 is 2.50 bits per heavy atom. The molecule has 1 amide bonds. The quantitative estimate of drug-likeness (QED) is 0.732. The lowest BCUT2D eigenvalue weighted by molar-refractivity contribution is -0.478. The highest BCUT2D eigenvalue weighted by Gasteiger charge is 2.29. The molecule has 0 atom stereocenters. The molecule has 8 heteroatoms. The van der Waals surface area contributed by atoms with E-state index in [1.165, 1.54) is 35.9 Å². The Labute approximate surface area is 137 Å². The number of hydrogen-bond donors (Lipinski definition) is 3. The Morgan fingerprint density at radius 1 is 1.38 bits per heavy atom. The van der Waals surface area contributed by atoms with Crippen molar-refractivity contribution in [2.24, 2.45) is 7.05 Å². The second-order valence-electron chi connectivity index (χ2n) is 6.19. The van der Waals surface area contributed by atoms with E-state index in [1.54, 1.807) is 13.8 Å². The summed E-state index contributed by atoms with van der Waals surface area (Å²) < 4.78 is 14.0. The highest BCUT2D eigenvalue weighted by molar-refractivity contribution is 5.94. The third-order valence-corrected chi connectivity index (χ3v) is 3.45. The van der Waals surface area contributed by atoms with Crippen molar-refractivity contribution in [2.45, 2.75) is 25.9 Å². The van der Waals surface area contributed by atoms with Gasteiger partial charge < -0.3 is 16.2 Å². The smallest absolute Gasteiger partial charge is 0.296 e. The maximum atomic E-state index is 12.9. The average molecular weight is 335 g/mol. The van der Waals surface area contributed by atoms with Gasteiger partial charge in [-0.1, -0.05) is 12.1 Å². The Morgan fingerprint density at radius 2 is 1.96 bits per heavy atom. The van der Waals surface area contributed by atoms with Crippen molar-refractivity contribution in [3.63, 3.8) is 0 Å². The van der Waals surface area contributed by atoms with Gasteiger partial charge in [0.25, 0.3) is 11.5 Å². The molecule has 0 saturated carbocycles. The standard InChI is InChI=1S/C16H19FN4O3/c1-16(2,18)15-20-11(12(22)14(24)21(15)3)13(23)19-8-9-4-6-10(17)7-5-9/h4-7,22H,8,18H2,1-3H3,(H,19,23)/p+1. The molecule has 1 aromatic heterocycles. The summed E-state index contributed by atoms with van der Waals surface area (Å²) in [4.78, 5) is 28.5. The number of nitrogens with zero attached hydrogens (tertiary/aromatic N) is 2. The van der Waals surface area contributed by atoms with E-state index in [2.05, 4.69) is 16.0 Å². The third kappa shape index (κ3) is 3.60. The van der Waals surface area contributed by atoms with Crippen molar-refractivity contribution in [3.8, 4) is 5.75 Å². The number of rotatable bonds is 4. The van der Waals surface area contributed by atoms with Crippen molar-refractivity contribution < 1.29 is 20.0 Å². The second kappa shape index (κ2) is 6.40. The zero-order chi connectivity index (χ0) is 18.1. The van der Waals surface area contributed by atoms with Crippen LogP contribution in [0.25, 0.3) is 0 Å². The molecule has 24 heavy (non-hydrogen) atoms. The molecule has 7 nitrogen and oxygen atoms in total. The lowest BCUT2D eigenvalue weighted by Gasteiger charge is -2.19. The molecular formula is C16H20FN4O3+.